The molecule has 0 aliphatic rings. The minimum Gasteiger partial charge on any atom is -0.747 e. The van der Waals surface area contributed by atoms with Crippen molar-refractivity contribution in [1.82, 2.24) is 5.32 Å². The summed E-state index contributed by atoms with van der Waals surface area (Å²) >= 11 is 0. The standard InChI is InChI=1S/C3H7NO5S.Na/c1-9-3(5)4-2-10(6,7)8;/h2H2,1H3,(H,4,5)(H,6,7,8);/q;+1/p-1. The Balaban J connectivity index is 0. The molecule has 0 bridgehead atoms. The maximum atomic E-state index is 10.1. The predicted molar refractivity (Wildman–Crippen MR) is 30.1 cm³/mol. The molecule has 0 saturated carbocycles. The maximum absolute atomic E-state index is 10.1. The molecule has 0 aliphatic carbocycles. The van der Waals surface area contributed by atoms with Crippen LogP contribution in [0.4, 0.5) is 4.79 Å². The van der Waals surface area contributed by atoms with Crippen molar-refractivity contribution in [2.24, 2.45) is 0 Å². The van der Waals surface area contributed by atoms with E-state index in [4.69, 9.17) is 0 Å². The Morgan fingerprint density at radius 3 is 2.36 bits per heavy atom. The predicted octanol–water partition coefficient (Wildman–Crippen LogP) is -4.15. The van der Waals surface area contributed by atoms with Crippen molar-refractivity contribution in [1.29, 1.82) is 0 Å². The van der Waals surface area contributed by atoms with E-state index in [1.54, 1.807) is 5.32 Å². The van der Waals surface area contributed by atoms with Gasteiger partial charge in [0.1, 0.15) is 16.0 Å². The van der Waals surface area contributed by atoms with Gasteiger partial charge in [-0.2, -0.15) is 0 Å². The van der Waals surface area contributed by atoms with Gasteiger partial charge in [-0.05, 0) is 0 Å². The van der Waals surface area contributed by atoms with Gasteiger partial charge in [0.25, 0.3) is 0 Å². The molecule has 0 atom stereocenters. The average Bonchev–Trinajstić information content (AvgIpc) is 1.81. The van der Waals surface area contributed by atoms with Gasteiger partial charge in [-0.3, -0.25) is 0 Å². The summed E-state index contributed by atoms with van der Waals surface area (Å²) in [6, 6.07) is 0. The number of alkyl carbamates (subject to hydrolysis) is 1. The van der Waals surface area contributed by atoms with Crippen molar-refractivity contribution in [3.05, 3.63) is 0 Å². The van der Waals surface area contributed by atoms with E-state index in [9.17, 15) is 17.8 Å². The van der Waals surface area contributed by atoms with E-state index >= 15 is 0 Å². The maximum Gasteiger partial charge on any atom is 1.00 e. The summed E-state index contributed by atoms with van der Waals surface area (Å²) in [4.78, 5) is 10.1. The van der Waals surface area contributed by atoms with Crippen molar-refractivity contribution >= 4 is 16.2 Å². The van der Waals surface area contributed by atoms with Crippen molar-refractivity contribution in [3.8, 4) is 0 Å². The molecule has 6 nitrogen and oxygen atoms in total. The summed E-state index contributed by atoms with van der Waals surface area (Å²) in [5, 5.41) is 1.71. The van der Waals surface area contributed by atoms with Gasteiger partial charge in [0.15, 0.2) is 0 Å². The third kappa shape index (κ3) is 10.2. The van der Waals surface area contributed by atoms with Crippen molar-refractivity contribution < 1.29 is 52.1 Å². The van der Waals surface area contributed by atoms with Gasteiger partial charge in [-0.25, -0.2) is 13.2 Å². The van der Waals surface area contributed by atoms with Crippen LogP contribution in [0.25, 0.3) is 0 Å². The van der Waals surface area contributed by atoms with Gasteiger partial charge < -0.3 is 14.6 Å². The first-order chi connectivity index (χ1) is 4.45. The minimum absolute atomic E-state index is 0. The molecule has 1 N–H and O–H groups in total. The Bertz CT molecular complexity index is 212. The Morgan fingerprint density at radius 1 is 1.64 bits per heavy atom. The van der Waals surface area contributed by atoms with Gasteiger partial charge in [-0.1, -0.05) is 0 Å². The second kappa shape index (κ2) is 5.78. The molecule has 0 rings (SSSR count). The topological polar surface area (TPSA) is 95.5 Å². The Morgan fingerprint density at radius 2 is 2.09 bits per heavy atom. The molecule has 0 fully saturated rings. The van der Waals surface area contributed by atoms with Crippen LogP contribution in [0.1, 0.15) is 0 Å². The van der Waals surface area contributed by atoms with E-state index < -0.39 is 22.1 Å². The van der Waals surface area contributed by atoms with Crippen LogP contribution in [0.3, 0.4) is 0 Å². The summed E-state index contributed by atoms with van der Waals surface area (Å²) in [6.45, 7) is 0. The zero-order valence-electron chi connectivity index (χ0n) is 6.16. The molecule has 1 amide bonds. The number of rotatable bonds is 2. The zero-order chi connectivity index (χ0) is 8.20. The average molecular weight is 191 g/mol. The summed E-state index contributed by atoms with van der Waals surface area (Å²) < 4.78 is 33.5. The van der Waals surface area contributed by atoms with Gasteiger partial charge >= 0.3 is 35.7 Å². The quantitative estimate of drug-likeness (QED) is 0.353. The van der Waals surface area contributed by atoms with Crippen LogP contribution in [0.15, 0.2) is 0 Å². The summed E-state index contributed by atoms with van der Waals surface area (Å²) in [6.07, 6.45) is -0.945. The first-order valence-electron chi connectivity index (χ1n) is 2.21. The van der Waals surface area contributed by atoms with Crippen LogP contribution >= 0.6 is 0 Å². The fraction of sp³-hybridized carbons (Fsp3) is 0.667. The number of carbonyl (C=O) groups is 1. The fourth-order valence-electron chi connectivity index (χ4n) is 0.219. The molecule has 0 aromatic heterocycles. The third-order valence-electron chi connectivity index (χ3n) is 0.579. The smallest absolute Gasteiger partial charge is 0.747 e. The number of nitrogens with one attached hydrogen (secondary N) is 1. The summed E-state index contributed by atoms with van der Waals surface area (Å²) in [5.74, 6) is -0.945. The van der Waals surface area contributed by atoms with Crippen molar-refractivity contribution in [2.75, 3.05) is 13.0 Å². The largest absolute Gasteiger partial charge is 1.00 e. The number of hydrogen-bond acceptors (Lipinski definition) is 5. The van der Waals surface area contributed by atoms with Crippen molar-refractivity contribution in [3.63, 3.8) is 0 Å². The SMILES string of the molecule is COC(=O)NCS(=O)(=O)[O-].[Na+]. The second-order valence-corrected chi connectivity index (χ2v) is 2.77. The third-order valence-corrected chi connectivity index (χ3v) is 1.08. The van der Waals surface area contributed by atoms with Crippen molar-refractivity contribution in [2.45, 2.75) is 0 Å². The van der Waals surface area contributed by atoms with Crippen LogP contribution in [0.2, 0.25) is 0 Å². The molecule has 0 aromatic carbocycles. The normalized spacial score (nSPS) is 9.64. The van der Waals surface area contributed by atoms with Gasteiger partial charge in [-0.15, -0.1) is 0 Å². The van der Waals surface area contributed by atoms with Crippen LogP contribution in [0.5, 0.6) is 0 Å². The molecule has 0 aromatic rings. The molecule has 11 heavy (non-hydrogen) atoms. The van der Waals surface area contributed by atoms with E-state index in [1.807, 2.05) is 0 Å². The molecule has 0 unspecified atom stereocenters. The summed E-state index contributed by atoms with van der Waals surface area (Å²) in [7, 11) is -3.33. The van der Waals surface area contributed by atoms with Crippen LogP contribution < -0.4 is 34.9 Å². The van der Waals surface area contributed by atoms with E-state index in [1.165, 1.54) is 0 Å². The number of hydrogen-bond donors (Lipinski definition) is 1. The Kier molecular flexibility index (Phi) is 7.23. The molecule has 0 spiro atoms. The van der Waals surface area contributed by atoms with Gasteiger partial charge in [0.05, 0.1) is 7.11 Å². The van der Waals surface area contributed by atoms with E-state index in [0.29, 0.717) is 0 Å². The fourth-order valence-corrected chi connectivity index (χ4v) is 0.514. The number of ether oxygens (including phenoxy) is 1. The van der Waals surface area contributed by atoms with Gasteiger partial charge in [0.2, 0.25) is 0 Å². The number of methoxy groups -OCH3 is 1. The Labute approximate surface area is 86.3 Å². The van der Waals surface area contributed by atoms with Crippen LogP contribution in [0, 0.1) is 0 Å². The molecular formula is C3H6NNaO5S. The molecule has 60 valence electrons. The molecule has 0 radical (unpaired) electrons. The minimum atomic E-state index is -4.39. The zero-order valence-corrected chi connectivity index (χ0v) is 8.97. The summed E-state index contributed by atoms with van der Waals surface area (Å²) in [5.41, 5.74) is 0. The van der Waals surface area contributed by atoms with E-state index in [-0.39, 0.29) is 29.6 Å². The molecule has 0 saturated heterocycles. The molecule has 8 heteroatoms. The van der Waals surface area contributed by atoms with Crippen LogP contribution in [-0.4, -0.2) is 32.1 Å². The second-order valence-electron chi connectivity index (χ2n) is 1.37. The first-order valence-corrected chi connectivity index (χ1v) is 3.79. The Hall–Kier alpha value is 0.180. The number of amides is 1. The van der Waals surface area contributed by atoms with Crippen LogP contribution in [-0.2, 0) is 14.9 Å². The monoisotopic (exact) mass is 191 g/mol. The molecule has 0 heterocycles. The first kappa shape index (κ1) is 13.7. The van der Waals surface area contributed by atoms with E-state index in [0.717, 1.165) is 7.11 Å². The molecular weight excluding hydrogens is 185 g/mol. The number of carbonyl (C=O) groups excluding carboxylic acids is 1. The molecule has 0 aliphatic heterocycles. The van der Waals surface area contributed by atoms with Gasteiger partial charge in [0, 0.05) is 0 Å². The van der Waals surface area contributed by atoms with E-state index in [2.05, 4.69) is 4.74 Å².